The van der Waals surface area contributed by atoms with Crippen molar-refractivity contribution in [2.24, 2.45) is 0 Å². The summed E-state index contributed by atoms with van der Waals surface area (Å²) in [6.45, 7) is 0.209. The third-order valence-electron chi connectivity index (χ3n) is 2.49. The molecule has 96 valence electrons. The summed E-state index contributed by atoms with van der Waals surface area (Å²) in [6.07, 6.45) is 0. The van der Waals surface area contributed by atoms with E-state index in [1.807, 2.05) is 6.07 Å². The second-order valence-electron chi connectivity index (χ2n) is 3.76. The van der Waals surface area contributed by atoms with Crippen LogP contribution in [0.3, 0.4) is 0 Å². The van der Waals surface area contributed by atoms with E-state index in [2.05, 4.69) is 15.9 Å². The zero-order valence-corrected chi connectivity index (χ0v) is 12.0. The monoisotopic (exact) mass is 339 g/mol. The molecule has 0 unspecified atom stereocenters. The summed E-state index contributed by atoms with van der Waals surface area (Å²) in [7, 11) is 0. The lowest BCUT2D eigenvalue weighted by atomic mass is 10.2. The smallest absolute Gasteiger partial charge is 0.137 e. The molecule has 2 aromatic rings. The van der Waals surface area contributed by atoms with Crippen LogP contribution in [-0.2, 0) is 6.61 Å². The molecule has 0 aromatic heterocycles. The van der Waals surface area contributed by atoms with Crippen molar-refractivity contribution in [1.29, 1.82) is 5.26 Å². The van der Waals surface area contributed by atoms with E-state index in [0.29, 0.717) is 26.4 Å². The van der Waals surface area contributed by atoms with Gasteiger partial charge in [-0.25, -0.2) is 4.39 Å². The Balaban J connectivity index is 2.13. The van der Waals surface area contributed by atoms with E-state index in [4.69, 9.17) is 21.6 Å². The van der Waals surface area contributed by atoms with Gasteiger partial charge in [-0.3, -0.25) is 0 Å². The second-order valence-corrected chi connectivity index (χ2v) is 4.96. The van der Waals surface area contributed by atoms with E-state index in [1.165, 1.54) is 6.07 Å². The van der Waals surface area contributed by atoms with Crippen LogP contribution in [0.4, 0.5) is 4.39 Å². The zero-order valence-electron chi connectivity index (χ0n) is 9.66. The summed E-state index contributed by atoms with van der Waals surface area (Å²) < 4.78 is 19.2. The number of halogens is 3. The van der Waals surface area contributed by atoms with Gasteiger partial charge in [0.15, 0.2) is 0 Å². The first-order chi connectivity index (χ1) is 9.11. The molecule has 0 aliphatic heterocycles. The number of rotatable bonds is 3. The number of hydrogen-bond acceptors (Lipinski definition) is 2. The van der Waals surface area contributed by atoms with Gasteiger partial charge in [0, 0.05) is 11.6 Å². The molecule has 0 spiro atoms. The van der Waals surface area contributed by atoms with Crippen molar-refractivity contribution in [1.82, 2.24) is 0 Å². The molecule has 0 saturated carbocycles. The highest BCUT2D eigenvalue weighted by Crippen LogP contribution is 2.25. The summed E-state index contributed by atoms with van der Waals surface area (Å²) in [5.74, 6) is 0.194. The van der Waals surface area contributed by atoms with Crippen LogP contribution in [0.2, 0.25) is 5.02 Å². The second kappa shape index (κ2) is 6.05. The average molecular weight is 341 g/mol. The molecular weight excluding hydrogens is 333 g/mol. The predicted molar refractivity (Wildman–Crippen MR) is 74.6 cm³/mol. The molecule has 19 heavy (non-hydrogen) atoms. The minimum atomic E-state index is -0.334. The number of nitrogens with zero attached hydrogens (tertiary/aromatic N) is 1. The minimum Gasteiger partial charge on any atom is -0.489 e. The van der Waals surface area contributed by atoms with Crippen LogP contribution in [0.15, 0.2) is 40.9 Å². The summed E-state index contributed by atoms with van der Waals surface area (Å²) in [5, 5.41) is 9.09. The molecule has 0 fully saturated rings. The molecule has 0 saturated heterocycles. The Labute approximate surface area is 123 Å². The summed E-state index contributed by atoms with van der Waals surface area (Å²) in [6, 6.07) is 11.5. The van der Waals surface area contributed by atoms with Gasteiger partial charge in [-0.2, -0.15) is 5.26 Å². The molecule has 0 bridgehead atoms. The van der Waals surface area contributed by atoms with Crippen molar-refractivity contribution in [3.05, 3.63) is 62.8 Å². The average Bonchev–Trinajstić information content (AvgIpc) is 2.40. The zero-order chi connectivity index (χ0) is 13.8. The maximum Gasteiger partial charge on any atom is 0.137 e. The van der Waals surface area contributed by atoms with Crippen LogP contribution < -0.4 is 4.74 Å². The first-order valence-corrected chi connectivity index (χ1v) is 6.54. The maximum absolute atomic E-state index is 13.3. The van der Waals surface area contributed by atoms with Gasteiger partial charge in [0.1, 0.15) is 24.2 Å². The Kier molecular flexibility index (Phi) is 4.41. The fourth-order valence-corrected chi connectivity index (χ4v) is 2.09. The molecule has 0 atom stereocenters. The number of hydrogen-bond donors (Lipinski definition) is 0. The van der Waals surface area contributed by atoms with E-state index in [0.717, 1.165) is 0 Å². The fourth-order valence-electron chi connectivity index (χ4n) is 1.50. The van der Waals surface area contributed by atoms with Gasteiger partial charge in [0.2, 0.25) is 0 Å². The van der Waals surface area contributed by atoms with Crippen LogP contribution >= 0.6 is 27.5 Å². The van der Waals surface area contributed by atoms with Crippen molar-refractivity contribution in [2.75, 3.05) is 0 Å². The standard InChI is InChI=1S/C14H8BrClFNO/c15-14-10(2-1-3-13(14)17)8-19-11-5-4-9(7-18)12(16)6-11/h1-6H,8H2. The van der Waals surface area contributed by atoms with E-state index >= 15 is 0 Å². The molecule has 0 aliphatic carbocycles. The molecule has 2 nitrogen and oxygen atoms in total. The van der Waals surface area contributed by atoms with Crippen LogP contribution in [-0.4, -0.2) is 0 Å². The van der Waals surface area contributed by atoms with Crippen molar-refractivity contribution < 1.29 is 9.13 Å². The molecule has 2 aromatic carbocycles. The van der Waals surface area contributed by atoms with Gasteiger partial charge in [-0.15, -0.1) is 0 Å². The third-order valence-corrected chi connectivity index (χ3v) is 3.69. The first-order valence-electron chi connectivity index (χ1n) is 5.37. The summed E-state index contributed by atoms with van der Waals surface area (Å²) in [5.41, 5.74) is 1.08. The fraction of sp³-hybridized carbons (Fsp3) is 0.0714. The van der Waals surface area contributed by atoms with E-state index in [-0.39, 0.29) is 12.4 Å². The molecule has 2 rings (SSSR count). The Morgan fingerprint density at radius 3 is 2.79 bits per heavy atom. The molecule has 5 heteroatoms. The lowest BCUT2D eigenvalue weighted by Gasteiger charge is -2.09. The van der Waals surface area contributed by atoms with Gasteiger partial charge in [-0.05, 0) is 34.1 Å². The van der Waals surface area contributed by atoms with Gasteiger partial charge < -0.3 is 4.74 Å². The highest BCUT2D eigenvalue weighted by atomic mass is 79.9. The number of ether oxygens (including phenoxy) is 1. The van der Waals surface area contributed by atoms with Crippen molar-refractivity contribution in [3.63, 3.8) is 0 Å². The van der Waals surface area contributed by atoms with Gasteiger partial charge in [0.05, 0.1) is 15.1 Å². The van der Waals surface area contributed by atoms with E-state index < -0.39 is 0 Å². The normalized spacial score (nSPS) is 10.0. The van der Waals surface area contributed by atoms with Gasteiger partial charge >= 0.3 is 0 Å². The van der Waals surface area contributed by atoms with Gasteiger partial charge in [-0.1, -0.05) is 23.7 Å². The Morgan fingerprint density at radius 1 is 1.32 bits per heavy atom. The Bertz CT molecular complexity index is 654. The topological polar surface area (TPSA) is 33.0 Å². The maximum atomic E-state index is 13.3. The molecule has 0 amide bonds. The van der Waals surface area contributed by atoms with Crippen LogP contribution in [0.5, 0.6) is 5.75 Å². The largest absolute Gasteiger partial charge is 0.489 e. The number of nitriles is 1. The molecule has 0 N–H and O–H groups in total. The van der Waals surface area contributed by atoms with Crippen molar-refractivity contribution in [2.45, 2.75) is 6.61 Å². The first kappa shape index (κ1) is 13.9. The lowest BCUT2D eigenvalue weighted by molar-refractivity contribution is 0.304. The van der Waals surface area contributed by atoms with Crippen LogP contribution in [0.25, 0.3) is 0 Å². The third kappa shape index (κ3) is 3.25. The van der Waals surface area contributed by atoms with Crippen molar-refractivity contribution in [3.8, 4) is 11.8 Å². The molecule has 0 aliphatic rings. The Morgan fingerprint density at radius 2 is 2.11 bits per heavy atom. The lowest BCUT2D eigenvalue weighted by Crippen LogP contribution is -1.98. The van der Waals surface area contributed by atoms with Gasteiger partial charge in [0.25, 0.3) is 0 Å². The molecule has 0 heterocycles. The Hall–Kier alpha value is -1.57. The van der Waals surface area contributed by atoms with Crippen LogP contribution in [0, 0.1) is 17.1 Å². The number of benzene rings is 2. The van der Waals surface area contributed by atoms with Crippen LogP contribution in [0.1, 0.15) is 11.1 Å². The van der Waals surface area contributed by atoms with Crippen molar-refractivity contribution >= 4 is 27.5 Å². The minimum absolute atomic E-state index is 0.209. The highest BCUT2D eigenvalue weighted by molar-refractivity contribution is 9.10. The van der Waals surface area contributed by atoms with E-state index in [1.54, 1.807) is 30.3 Å². The summed E-state index contributed by atoms with van der Waals surface area (Å²) in [4.78, 5) is 0. The molecule has 0 radical (unpaired) electrons. The molecular formula is C14H8BrClFNO. The quantitative estimate of drug-likeness (QED) is 0.812. The highest BCUT2D eigenvalue weighted by Gasteiger charge is 2.07. The predicted octanol–water partition coefficient (Wildman–Crippen LogP) is 4.69. The summed E-state index contributed by atoms with van der Waals surface area (Å²) >= 11 is 9.06. The SMILES string of the molecule is N#Cc1ccc(OCc2cccc(F)c2Br)cc1Cl. The van der Waals surface area contributed by atoms with E-state index in [9.17, 15) is 4.39 Å².